The quantitative estimate of drug-likeness (QED) is 0.725. The first-order chi connectivity index (χ1) is 13.6. The monoisotopic (exact) mass is 422 g/mol. The van der Waals surface area contributed by atoms with Crippen LogP contribution in [0.5, 0.6) is 0 Å². The largest absolute Gasteiger partial charge is 0.404 e. The second kappa shape index (κ2) is 8.01. The average Bonchev–Trinajstić information content (AvgIpc) is 3.28. The molecule has 1 amide bonds. The van der Waals surface area contributed by atoms with Gasteiger partial charge in [0.15, 0.2) is 5.41 Å². The van der Waals surface area contributed by atoms with Crippen molar-refractivity contribution in [3.05, 3.63) is 36.0 Å². The Bertz CT molecular complexity index is 854. The van der Waals surface area contributed by atoms with Crippen LogP contribution in [0.4, 0.5) is 26.3 Å². The van der Waals surface area contributed by atoms with E-state index in [0.717, 1.165) is 12.1 Å². The Morgan fingerprint density at radius 2 is 1.97 bits per heavy atom. The zero-order valence-corrected chi connectivity index (χ0v) is 14.8. The molecule has 158 valence electrons. The van der Waals surface area contributed by atoms with Crippen molar-refractivity contribution in [2.75, 3.05) is 26.2 Å². The van der Waals surface area contributed by atoms with Gasteiger partial charge in [-0.15, -0.1) is 0 Å². The third kappa shape index (κ3) is 4.52. The van der Waals surface area contributed by atoms with E-state index in [1.54, 1.807) is 0 Å². The highest BCUT2D eigenvalue weighted by Gasteiger charge is 2.62. The summed E-state index contributed by atoms with van der Waals surface area (Å²) >= 11 is 0. The van der Waals surface area contributed by atoms with Crippen LogP contribution >= 0.6 is 0 Å². The van der Waals surface area contributed by atoms with Crippen molar-refractivity contribution in [3.63, 3.8) is 0 Å². The molecular formula is C17H16F6N4O2. The minimum atomic E-state index is -4.76. The molecule has 2 heterocycles. The maximum absolute atomic E-state index is 13.9. The predicted molar refractivity (Wildman–Crippen MR) is 87.5 cm³/mol. The molecule has 0 radical (unpaired) electrons. The van der Waals surface area contributed by atoms with Crippen molar-refractivity contribution in [1.82, 2.24) is 20.4 Å². The molecular weight excluding hydrogens is 406 g/mol. The molecule has 0 spiro atoms. The fraction of sp³-hybridized carbons (Fsp3) is 0.471. The summed E-state index contributed by atoms with van der Waals surface area (Å²) in [5.74, 6) is -2.13. The molecule has 1 unspecified atom stereocenters. The van der Waals surface area contributed by atoms with E-state index < -0.39 is 61.7 Å². The van der Waals surface area contributed by atoms with Gasteiger partial charge in [0.05, 0.1) is 13.1 Å². The number of nitrogens with one attached hydrogen (secondary N) is 1. The Hall–Kier alpha value is -2.63. The van der Waals surface area contributed by atoms with Crippen LogP contribution < -0.4 is 5.32 Å². The van der Waals surface area contributed by atoms with Crippen LogP contribution in [-0.2, 0) is 10.2 Å². The molecule has 6 nitrogen and oxygen atoms in total. The minimum absolute atomic E-state index is 0.115. The lowest BCUT2D eigenvalue weighted by molar-refractivity contribution is -0.193. The number of rotatable bonds is 6. The Morgan fingerprint density at radius 3 is 2.59 bits per heavy atom. The number of halogens is 6. The normalized spacial score (nSPS) is 20.4. The van der Waals surface area contributed by atoms with Gasteiger partial charge in [0, 0.05) is 18.7 Å². The van der Waals surface area contributed by atoms with Crippen molar-refractivity contribution >= 4 is 5.91 Å². The van der Waals surface area contributed by atoms with Gasteiger partial charge in [0.1, 0.15) is 5.82 Å². The first-order valence-electron chi connectivity index (χ1n) is 8.55. The van der Waals surface area contributed by atoms with Gasteiger partial charge in [-0.05, 0) is 30.7 Å². The van der Waals surface area contributed by atoms with Gasteiger partial charge >= 0.3 is 6.18 Å². The number of aromatic nitrogens is 2. The molecule has 1 saturated heterocycles. The highest BCUT2D eigenvalue weighted by atomic mass is 19.4. The maximum Gasteiger partial charge on any atom is 0.404 e. The fourth-order valence-corrected chi connectivity index (χ4v) is 3.14. The van der Waals surface area contributed by atoms with Gasteiger partial charge in [-0.25, -0.2) is 13.2 Å². The lowest BCUT2D eigenvalue weighted by atomic mass is 9.86. The second-order valence-electron chi connectivity index (χ2n) is 6.67. The van der Waals surface area contributed by atoms with Gasteiger partial charge in [-0.2, -0.15) is 18.2 Å². The van der Waals surface area contributed by atoms with Gasteiger partial charge in [-0.3, -0.25) is 9.69 Å². The minimum Gasteiger partial charge on any atom is -0.349 e. The molecule has 1 N–H and O–H groups in total. The van der Waals surface area contributed by atoms with Crippen molar-refractivity contribution in [3.8, 4) is 11.4 Å². The molecule has 1 atom stereocenters. The molecule has 0 saturated carbocycles. The number of nitrogens with zero attached hydrogens (tertiary/aromatic N) is 3. The van der Waals surface area contributed by atoms with E-state index in [9.17, 15) is 31.1 Å². The van der Waals surface area contributed by atoms with Crippen molar-refractivity contribution in [2.45, 2.75) is 24.4 Å². The number of carbonyl (C=O) groups is 1. The average molecular weight is 422 g/mol. The van der Waals surface area contributed by atoms with Crippen molar-refractivity contribution in [2.24, 2.45) is 0 Å². The molecule has 29 heavy (non-hydrogen) atoms. The zero-order chi connectivity index (χ0) is 21.2. The summed E-state index contributed by atoms with van der Waals surface area (Å²) in [5, 5.41) is 5.52. The third-order valence-corrected chi connectivity index (χ3v) is 4.65. The van der Waals surface area contributed by atoms with Crippen molar-refractivity contribution in [1.29, 1.82) is 0 Å². The SMILES string of the molecule is O=C(CN1CCC(c2nc(-c3ccc(F)cc3)no2)(C(F)(F)F)C1)NCC(F)F. The molecule has 0 bridgehead atoms. The molecule has 1 aromatic heterocycles. The molecule has 0 aliphatic carbocycles. The van der Waals surface area contributed by atoms with Crippen LogP contribution in [0.15, 0.2) is 28.8 Å². The summed E-state index contributed by atoms with van der Waals surface area (Å²) in [6, 6.07) is 4.83. The summed E-state index contributed by atoms with van der Waals surface area (Å²) in [6.45, 7) is -2.09. The van der Waals surface area contributed by atoms with Crippen LogP contribution in [0.25, 0.3) is 11.4 Å². The summed E-state index contributed by atoms with van der Waals surface area (Å²) < 4.78 is 84.0. The smallest absolute Gasteiger partial charge is 0.349 e. The number of likely N-dealkylation sites (tertiary alicyclic amines) is 1. The lowest BCUT2D eigenvalue weighted by Crippen LogP contribution is -2.46. The summed E-state index contributed by atoms with van der Waals surface area (Å²) in [5.41, 5.74) is -2.22. The number of amides is 1. The first-order valence-corrected chi connectivity index (χ1v) is 8.55. The maximum atomic E-state index is 13.9. The number of hydrogen-bond acceptors (Lipinski definition) is 5. The third-order valence-electron chi connectivity index (χ3n) is 4.65. The molecule has 12 heteroatoms. The fourth-order valence-electron chi connectivity index (χ4n) is 3.14. The summed E-state index contributed by atoms with van der Waals surface area (Å²) in [7, 11) is 0. The van der Waals surface area contributed by atoms with E-state index >= 15 is 0 Å². The first kappa shape index (κ1) is 21.1. The molecule has 1 aliphatic heterocycles. The molecule has 1 aliphatic rings. The Kier molecular flexibility index (Phi) is 5.82. The highest BCUT2D eigenvalue weighted by molar-refractivity contribution is 5.78. The van der Waals surface area contributed by atoms with E-state index in [1.165, 1.54) is 17.0 Å². The van der Waals surface area contributed by atoms with Gasteiger partial charge < -0.3 is 9.84 Å². The molecule has 2 aromatic rings. The summed E-state index contributed by atoms with van der Waals surface area (Å²) in [4.78, 5) is 16.7. The molecule has 3 rings (SSSR count). The van der Waals surface area contributed by atoms with Crippen molar-refractivity contribution < 1.29 is 35.7 Å². The number of benzene rings is 1. The van der Waals surface area contributed by atoms with Gasteiger partial charge in [0.25, 0.3) is 6.43 Å². The Morgan fingerprint density at radius 1 is 1.28 bits per heavy atom. The Labute approximate surface area is 160 Å². The van der Waals surface area contributed by atoms with Crippen LogP contribution in [0.3, 0.4) is 0 Å². The van der Waals surface area contributed by atoms with E-state index in [-0.39, 0.29) is 17.9 Å². The van der Waals surface area contributed by atoms with E-state index in [1.807, 2.05) is 5.32 Å². The second-order valence-corrected chi connectivity index (χ2v) is 6.67. The predicted octanol–water partition coefficient (Wildman–Crippen LogP) is 2.76. The number of hydrogen-bond donors (Lipinski definition) is 1. The van der Waals surface area contributed by atoms with Crippen LogP contribution in [-0.4, -0.2) is 59.7 Å². The standard InChI is InChI=1S/C17H16F6N4O2/c18-11-3-1-10(2-4-11)14-25-15(29-26-14)16(17(21,22)23)5-6-27(9-16)8-13(28)24-7-12(19)20/h1-4,12H,5-9H2,(H,24,28). The number of carbonyl (C=O) groups excluding carboxylic acids is 1. The van der Waals surface area contributed by atoms with E-state index in [0.29, 0.717) is 0 Å². The van der Waals surface area contributed by atoms with Crippen LogP contribution in [0.2, 0.25) is 0 Å². The van der Waals surface area contributed by atoms with E-state index in [2.05, 4.69) is 10.1 Å². The zero-order valence-electron chi connectivity index (χ0n) is 14.8. The van der Waals surface area contributed by atoms with Gasteiger partial charge in [-0.1, -0.05) is 5.16 Å². The lowest BCUT2D eigenvalue weighted by Gasteiger charge is -2.28. The van der Waals surface area contributed by atoms with E-state index in [4.69, 9.17) is 4.52 Å². The van der Waals surface area contributed by atoms with Crippen LogP contribution in [0, 0.1) is 5.82 Å². The topological polar surface area (TPSA) is 71.3 Å². The van der Waals surface area contributed by atoms with Crippen LogP contribution in [0.1, 0.15) is 12.3 Å². The molecule has 1 aromatic carbocycles. The summed E-state index contributed by atoms with van der Waals surface area (Å²) in [6.07, 6.45) is -7.95. The molecule has 1 fully saturated rings. The highest BCUT2D eigenvalue weighted by Crippen LogP contribution is 2.47. The number of alkyl halides is 5. The van der Waals surface area contributed by atoms with Gasteiger partial charge in [0.2, 0.25) is 17.6 Å². The Balaban J connectivity index is 1.79.